The molecule has 0 amide bonds. The summed E-state index contributed by atoms with van der Waals surface area (Å²) in [5.41, 5.74) is 3.62. The molecule has 0 fully saturated rings. The van der Waals surface area contributed by atoms with E-state index in [2.05, 4.69) is 53.7 Å². The molecular formula is C15H26. The molecule has 0 nitrogen and oxygen atoms in total. The van der Waals surface area contributed by atoms with Crippen molar-refractivity contribution >= 4 is 0 Å². The van der Waals surface area contributed by atoms with Gasteiger partial charge in [0.15, 0.2) is 0 Å². The van der Waals surface area contributed by atoms with Gasteiger partial charge in [-0.3, -0.25) is 0 Å². The van der Waals surface area contributed by atoms with Crippen LogP contribution in [0.5, 0.6) is 0 Å². The zero-order valence-electron chi connectivity index (χ0n) is 11.2. The third kappa shape index (κ3) is 3.85. The smallest absolute Gasteiger partial charge is 0.0227 e. The van der Waals surface area contributed by atoms with Crippen LogP contribution < -0.4 is 0 Å². The van der Waals surface area contributed by atoms with Crippen molar-refractivity contribution in [3.05, 3.63) is 23.3 Å². The Hall–Kier alpha value is -0.520. The minimum Gasteiger partial charge on any atom is -0.0787 e. The zero-order valence-corrected chi connectivity index (χ0v) is 11.2. The maximum absolute atomic E-state index is 2.44. The van der Waals surface area contributed by atoms with Gasteiger partial charge in [-0.2, -0.15) is 0 Å². The number of allylic oxidation sites excluding steroid dienone is 4. The predicted octanol–water partition coefficient (Wildman–Crippen LogP) is 4.97. The van der Waals surface area contributed by atoms with Crippen LogP contribution in [0.4, 0.5) is 0 Å². The van der Waals surface area contributed by atoms with Gasteiger partial charge in [0.2, 0.25) is 0 Å². The topological polar surface area (TPSA) is 0 Å². The first-order valence-corrected chi connectivity index (χ1v) is 6.21. The molecular weight excluding hydrogens is 180 g/mol. The maximum Gasteiger partial charge on any atom is -0.0227 e. The summed E-state index contributed by atoms with van der Waals surface area (Å²) < 4.78 is 0. The van der Waals surface area contributed by atoms with Crippen LogP contribution in [0, 0.1) is 17.3 Å². The van der Waals surface area contributed by atoms with Crippen LogP contribution in [-0.2, 0) is 0 Å². The average molecular weight is 206 g/mol. The molecule has 0 aromatic carbocycles. The molecule has 0 radical (unpaired) electrons. The first kappa shape index (κ1) is 12.5. The van der Waals surface area contributed by atoms with Crippen molar-refractivity contribution in [2.45, 2.75) is 54.4 Å². The van der Waals surface area contributed by atoms with Crippen molar-refractivity contribution in [1.29, 1.82) is 0 Å². The van der Waals surface area contributed by atoms with Gasteiger partial charge in [0.25, 0.3) is 0 Å². The van der Waals surface area contributed by atoms with Crippen molar-refractivity contribution in [3.8, 4) is 0 Å². The fourth-order valence-corrected chi connectivity index (χ4v) is 2.41. The van der Waals surface area contributed by atoms with E-state index >= 15 is 0 Å². The second-order valence-electron chi connectivity index (χ2n) is 6.38. The van der Waals surface area contributed by atoms with E-state index in [1.54, 1.807) is 11.1 Å². The summed E-state index contributed by atoms with van der Waals surface area (Å²) in [5.74, 6) is 1.36. The van der Waals surface area contributed by atoms with Crippen molar-refractivity contribution in [1.82, 2.24) is 0 Å². The van der Waals surface area contributed by atoms with Crippen molar-refractivity contribution in [3.63, 3.8) is 0 Å². The summed E-state index contributed by atoms with van der Waals surface area (Å²) >= 11 is 0. The molecule has 1 rings (SSSR count). The van der Waals surface area contributed by atoms with E-state index in [1.807, 2.05) is 0 Å². The molecule has 0 atom stereocenters. The first-order chi connectivity index (χ1) is 6.80. The molecule has 0 unspecified atom stereocenters. The van der Waals surface area contributed by atoms with E-state index in [0.717, 1.165) is 0 Å². The molecule has 0 aliphatic heterocycles. The Labute approximate surface area is 95.5 Å². The summed E-state index contributed by atoms with van der Waals surface area (Å²) in [6.45, 7) is 13.9. The summed E-state index contributed by atoms with van der Waals surface area (Å²) in [7, 11) is 0. The van der Waals surface area contributed by atoms with E-state index in [0.29, 0.717) is 17.3 Å². The van der Waals surface area contributed by atoms with Crippen molar-refractivity contribution in [2.75, 3.05) is 0 Å². The Kier molecular flexibility index (Phi) is 3.81. The van der Waals surface area contributed by atoms with Crippen LogP contribution in [0.3, 0.4) is 0 Å². The lowest BCUT2D eigenvalue weighted by Gasteiger charge is -2.33. The summed E-state index contributed by atoms with van der Waals surface area (Å²) in [6, 6.07) is 0. The Morgan fingerprint density at radius 1 is 1.13 bits per heavy atom. The van der Waals surface area contributed by atoms with Gasteiger partial charge in [0.05, 0.1) is 0 Å². The van der Waals surface area contributed by atoms with Gasteiger partial charge in [0, 0.05) is 0 Å². The van der Waals surface area contributed by atoms with Crippen LogP contribution in [0.1, 0.15) is 54.4 Å². The largest absolute Gasteiger partial charge is 0.0787 e. The molecule has 0 aromatic rings. The Morgan fingerprint density at radius 2 is 1.73 bits per heavy atom. The van der Waals surface area contributed by atoms with E-state index in [9.17, 15) is 0 Å². The quantitative estimate of drug-likeness (QED) is 0.598. The molecule has 0 heteroatoms. The van der Waals surface area contributed by atoms with Gasteiger partial charge in [-0.05, 0) is 30.1 Å². The molecule has 1 aliphatic carbocycles. The number of hydrogen-bond acceptors (Lipinski definition) is 0. The summed E-state index contributed by atoms with van der Waals surface area (Å²) in [5, 5.41) is 0. The SMILES string of the molecule is CC(C)/C=C1/C=C(C(C)C)CC(C)(C)C1. The highest BCUT2D eigenvalue weighted by atomic mass is 14.3. The first-order valence-electron chi connectivity index (χ1n) is 6.21. The molecule has 0 N–H and O–H groups in total. The lowest BCUT2D eigenvalue weighted by molar-refractivity contribution is 0.338. The highest BCUT2D eigenvalue weighted by Crippen LogP contribution is 2.40. The third-order valence-corrected chi connectivity index (χ3v) is 3.03. The standard InChI is InChI=1S/C15H26/c1-11(2)7-13-8-14(12(3)4)10-15(5,6)9-13/h7-8,11-12H,9-10H2,1-6H3/b13-7-. The molecule has 0 saturated heterocycles. The van der Waals surface area contributed by atoms with Gasteiger partial charge in [-0.15, -0.1) is 0 Å². The average Bonchev–Trinajstić information content (AvgIpc) is 1.98. The number of hydrogen-bond donors (Lipinski definition) is 0. The van der Waals surface area contributed by atoms with Gasteiger partial charge >= 0.3 is 0 Å². The van der Waals surface area contributed by atoms with Crippen molar-refractivity contribution < 1.29 is 0 Å². The molecule has 86 valence electrons. The van der Waals surface area contributed by atoms with Gasteiger partial charge in [-0.25, -0.2) is 0 Å². The minimum atomic E-state index is 0.453. The normalized spacial score (nSPS) is 23.7. The predicted molar refractivity (Wildman–Crippen MR) is 68.9 cm³/mol. The lowest BCUT2D eigenvalue weighted by atomic mass is 9.72. The zero-order chi connectivity index (χ0) is 11.6. The Balaban J connectivity index is 2.95. The van der Waals surface area contributed by atoms with Crippen LogP contribution >= 0.6 is 0 Å². The van der Waals surface area contributed by atoms with Crippen molar-refractivity contribution in [2.24, 2.45) is 17.3 Å². The molecule has 0 heterocycles. The van der Waals surface area contributed by atoms with Gasteiger partial charge in [0.1, 0.15) is 0 Å². The highest BCUT2D eigenvalue weighted by Gasteiger charge is 2.26. The summed E-state index contributed by atoms with van der Waals surface area (Å²) in [4.78, 5) is 0. The van der Waals surface area contributed by atoms with E-state index in [1.165, 1.54) is 12.8 Å². The van der Waals surface area contributed by atoms with Crippen LogP contribution in [-0.4, -0.2) is 0 Å². The third-order valence-electron chi connectivity index (χ3n) is 3.03. The number of rotatable bonds is 2. The van der Waals surface area contributed by atoms with Crippen LogP contribution in [0.25, 0.3) is 0 Å². The second-order valence-corrected chi connectivity index (χ2v) is 6.38. The monoisotopic (exact) mass is 206 g/mol. The molecule has 15 heavy (non-hydrogen) atoms. The molecule has 1 aliphatic rings. The summed E-state index contributed by atoms with van der Waals surface area (Å²) in [6.07, 6.45) is 7.36. The molecule has 0 saturated carbocycles. The maximum atomic E-state index is 2.44. The Bertz CT molecular complexity index is 274. The van der Waals surface area contributed by atoms with Gasteiger partial charge in [-0.1, -0.05) is 64.8 Å². The minimum absolute atomic E-state index is 0.453. The van der Waals surface area contributed by atoms with Crippen LogP contribution in [0.15, 0.2) is 23.3 Å². The Morgan fingerprint density at radius 3 is 2.20 bits per heavy atom. The van der Waals surface area contributed by atoms with E-state index in [4.69, 9.17) is 0 Å². The van der Waals surface area contributed by atoms with E-state index < -0.39 is 0 Å². The lowest BCUT2D eigenvalue weighted by Crippen LogP contribution is -2.19. The fourth-order valence-electron chi connectivity index (χ4n) is 2.41. The van der Waals surface area contributed by atoms with Crippen LogP contribution in [0.2, 0.25) is 0 Å². The molecule has 0 aromatic heterocycles. The van der Waals surface area contributed by atoms with E-state index in [-0.39, 0.29) is 0 Å². The van der Waals surface area contributed by atoms with Gasteiger partial charge < -0.3 is 0 Å². The second kappa shape index (κ2) is 4.55. The molecule has 0 spiro atoms. The fraction of sp³-hybridized carbons (Fsp3) is 0.733. The highest BCUT2D eigenvalue weighted by molar-refractivity contribution is 5.30. The molecule has 0 bridgehead atoms.